The maximum atomic E-state index is 11.8. The van der Waals surface area contributed by atoms with Gasteiger partial charge >= 0.3 is 0 Å². The van der Waals surface area contributed by atoms with Gasteiger partial charge in [0.1, 0.15) is 0 Å². The van der Waals surface area contributed by atoms with Crippen molar-refractivity contribution < 1.29 is 12.8 Å². The van der Waals surface area contributed by atoms with Gasteiger partial charge in [-0.1, -0.05) is 13.8 Å². The van der Waals surface area contributed by atoms with Gasteiger partial charge in [-0.05, 0) is 19.3 Å². The van der Waals surface area contributed by atoms with Crippen LogP contribution in [-0.4, -0.2) is 32.9 Å². The van der Waals surface area contributed by atoms with Crippen LogP contribution in [0.2, 0.25) is 0 Å². The molecule has 0 heterocycles. The number of hydrogen-bond donors (Lipinski definition) is 2. The second kappa shape index (κ2) is 8.22. The minimum atomic E-state index is -3.37. The molecule has 0 rings (SSSR count). The number of nitrogens with one attached hydrogen (secondary N) is 1. The summed E-state index contributed by atoms with van der Waals surface area (Å²) < 4.78 is 36.9. The van der Waals surface area contributed by atoms with Crippen LogP contribution < -0.4 is 10.5 Å². The molecule has 3 N–H and O–H groups in total. The van der Waals surface area contributed by atoms with E-state index in [0.29, 0.717) is 12.8 Å². The van der Waals surface area contributed by atoms with Crippen LogP contribution >= 0.6 is 12.4 Å². The third-order valence-electron chi connectivity index (χ3n) is 2.60. The topological polar surface area (TPSA) is 72.2 Å². The van der Waals surface area contributed by atoms with Crippen molar-refractivity contribution in [3.8, 4) is 0 Å². The second-order valence-corrected chi connectivity index (χ2v) is 5.68. The lowest BCUT2D eigenvalue weighted by molar-refractivity contribution is 0.391. The molecule has 16 heavy (non-hydrogen) atoms. The van der Waals surface area contributed by atoms with E-state index in [2.05, 4.69) is 4.72 Å². The van der Waals surface area contributed by atoms with Gasteiger partial charge in [0.15, 0.2) is 0 Å². The molecule has 0 aliphatic heterocycles. The number of hydrogen-bond acceptors (Lipinski definition) is 3. The molecule has 0 unspecified atom stereocenters. The molecule has 100 valence electrons. The smallest absolute Gasteiger partial charge is 0.211 e. The van der Waals surface area contributed by atoms with Crippen LogP contribution in [0, 0.1) is 0 Å². The zero-order valence-electron chi connectivity index (χ0n) is 9.83. The first kappa shape index (κ1) is 18.5. The Morgan fingerprint density at radius 1 is 1.31 bits per heavy atom. The van der Waals surface area contributed by atoms with Crippen LogP contribution in [0.5, 0.6) is 0 Å². The van der Waals surface area contributed by atoms with Crippen LogP contribution in [0.3, 0.4) is 0 Å². The lowest BCUT2D eigenvalue weighted by Crippen LogP contribution is -2.49. The van der Waals surface area contributed by atoms with Crippen molar-refractivity contribution in [2.75, 3.05) is 19.0 Å². The quantitative estimate of drug-likeness (QED) is 0.700. The van der Waals surface area contributed by atoms with Crippen molar-refractivity contribution in [2.24, 2.45) is 5.73 Å². The highest BCUT2D eigenvalue weighted by atomic mass is 35.5. The van der Waals surface area contributed by atoms with E-state index in [1.807, 2.05) is 13.8 Å². The zero-order valence-corrected chi connectivity index (χ0v) is 11.5. The SMILES string of the molecule is CCC(N)(CC)CNS(=O)(=O)CCCF.Cl. The maximum Gasteiger partial charge on any atom is 0.211 e. The average molecular weight is 277 g/mol. The molecule has 0 radical (unpaired) electrons. The normalized spacial score (nSPS) is 12.2. The Kier molecular flexibility index (Phi) is 9.48. The minimum absolute atomic E-state index is 0. The van der Waals surface area contributed by atoms with Crippen molar-refractivity contribution in [3.63, 3.8) is 0 Å². The van der Waals surface area contributed by atoms with Crippen molar-refractivity contribution in [2.45, 2.75) is 38.6 Å². The highest BCUT2D eigenvalue weighted by molar-refractivity contribution is 7.89. The van der Waals surface area contributed by atoms with Gasteiger partial charge in [-0.3, -0.25) is 4.39 Å². The summed E-state index contributed by atoms with van der Waals surface area (Å²) in [7, 11) is -3.37. The summed E-state index contributed by atoms with van der Waals surface area (Å²) in [6.07, 6.45) is 1.44. The minimum Gasteiger partial charge on any atom is -0.324 e. The fourth-order valence-corrected chi connectivity index (χ4v) is 2.21. The molecule has 0 amide bonds. The fraction of sp³-hybridized carbons (Fsp3) is 1.00. The van der Waals surface area contributed by atoms with Crippen LogP contribution in [0.4, 0.5) is 4.39 Å². The number of sulfonamides is 1. The molecule has 0 fully saturated rings. The summed E-state index contributed by atoms with van der Waals surface area (Å²) in [5.74, 6) is -0.174. The van der Waals surface area contributed by atoms with Crippen molar-refractivity contribution in [1.82, 2.24) is 4.72 Å². The predicted molar refractivity (Wildman–Crippen MR) is 67.1 cm³/mol. The fourth-order valence-electron chi connectivity index (χ4n) is 1.07. The molecule has 0 saturated carbocycles. The van der Waals surface area contributed by atoms with Gasteiger partial charge in [0.05, 0.1) is 12.4 Å². The van der Waals surface area contributed by atoms with E-state index >= 15 is 0 Å². The Balaban J connectivity index is 0. The van der Waals surface area contributed by atoms with Crippen LogP contribution in [0.25, 0.3) is 0 Å². The number of rotatable bonds is 8. The van der Waals surface area contributed by atoms with Gasteiger partial charge in [0, 0.05) is 12.1 Å². The molecule has 0 saturated heterocycles. The van der Waals surface area contributed by atoms with E-state index in [-0.39, 0.29) is 31.1 Å². The average Bonchev–Trinajstić information content (AvgIpc) is 2.23. The summed E-state index contributed by atoms with van der Waals surface area (Å²) in [6, 6.07) is 0. The Bertz CT molecular complexity index is 269. The van der Waals surface area contributed by atoms with E-state index in [1.165, 1.54) is 0 Å². The van der Waals surface area contributed by atoms with Gasteiger partial charge in [-0.15, -0.1) is 12.4 Å². The first-order valence-electron chi connectivity index (χ1n) is 5.21. The highest BCUT2D eigenvalue weighted by Gasteiger charge is 2.22. The Morgan fingerprint density at radius 2 is 1.81 bits per heavy atom. The zero-order chi connectivity index (χ0) is 11.9. The molecule has 0 aromatic heterocycles. The summed E-state index contributed by atoms with van der Waals surface area (Å²) in [5, 5.41) is 0. The van der Waals surface area contributed by atoms with E-state index in [4.69, 9.17) is 5.73 Å². The largest absolute Gasteiger partial charge is 0.324 e. The van der Waals surface area contributed by atoms with Gasteiger partial charge in [0.2, 0.25) is 10.0 Å². The summed E-state index contributed by atoms with van der Waals surface area (Å²) in [5.41, 5.74) is 5.43. The third kappa shape index (κ3) is 7.38. The van der Waals surface area contributed by atoms with Crippen LogP contribution in [-0.2, 0) is 10.0 Å². The monoisotopic (exact) mass is 276 g/mol. The first-order valence-corrected chi connectivity index (χ1v) is 6.86. The van der Waals surface area contributed by atoms with Crippen LogP contribution in [0.1, 0.15) is 33.1 Å². The molecule has 0 aromatic rings. The molecule has 0 aromatic carbocycles. The van der Waals surface area contributed by atoms with Crippen molar-refractivity contribution in [1.29, 1.82) is 0 Å². The molecule has 7 heteroatoms. The summed E-state index contributed by atoms with van der Waals surface area (Å²) in [6.45, 7) is 3.43. The van der Waals surface area contributed by atoms with Crippen molar-refractivity contribution in [3.05, 3.63) is 0 Å². The van der Waals surface area contributed by atoms with E-state index in [1.54, 1.807) is 0 Å². The molecule has 4 nitrogen and oxygen atoms in total. The van der Waals surface area contributed by atoms with Gasteiger partial charge in [-0.2, -0.15) is 0 Å². The number of nitrogens with two attached hydrogens (primary N) is 1. The van der Waals surface area contributed by atoms with Crippen LogP contribution in [0.15, 0.2) is 0 Å². The van der Waals surface area contributed by atoms with Gasteiger partial charge < -0.3 is 5.73 Å². The molecule has 0 aliphatic carbocycles. The molecular weight excluding hydrogens is 255 g/mol. The molecule has 0 spiro atoms. The lowest BCUT2D eigenvalue weighted by Gasteiger charge is -2.26. The van der Waals surface area contributed by atoms with Crippen molar-refractivity contribution >= 4 is 22.4 Å². The highest BCUT2D eigenvalue weighted by Crippen LogP contribution is 2.09. The third-order valence-corrected chi connectivity index (χ3v) is 4.01. The molecule has 0 bridgehead atoms. The first-order chi connectivity index (χ1) is 6.89. The van der Waals surface area contributed by atoms with Gasteiger partial charge in [-0.25, -0.2) is 13.1 Å². The predicted octanol–water partition coefficient (Wildman–Crippen LogP) is 1.20. The summed E-state index contributed by atoms with van der Waals surface area (Å²) in [4.78, 5) is 0. The standard InChI is InChI=1S/C9H21FN2O2S.ClH/c1-3-9(11,4-2)8-12-15(13,14)7-5-6-10;/h12H,3-8,11H2,1-2H3;1H. The number of halogens is 2. The van der Waals surface area contributed by atoms with E-state index < -0.39 is 22.2 Å². The molecule has 0 aliphatic rings. The Labute approximate surface area is 104 Å². The Hall–Kier alpha value is 0.0900. The summed E-state index contributed by atoms with van der Waals surface area (Å²) >= 11 is 0. The maximum absolute atomic E-state index is 11.8. The van der Waals surface area contributed by atoms with E-state index in [9.17, 15) is 12.8 Å². The van der Waals surface area contributed by atoms with Gasteiger partial charge in [0.25, 0.3) is 0 Å². The molecule has 0 atom stereocenters. The number of alkyl halides is 1. The lowest BCUT2D eigenvalue weighted by atomic mass is 9.95. The second-order valence-electron chi connectivity index (χ2n) is 3.75. The molecular formula is C9H22ClFN2O2S. The Morgan fingerprint density at radius 3 is 2.19 bits per heavy atom. The van der Waals surface area contributed by atoms with E-state index in [0.717, 1.165) is 0 Å².